The zero-order valence-corrected chi connectivity index (χ0v) is 17.0. The van der Waals surface area contributed by atoms with Gasteiger partial charge in [-0.2, -0.15) is 13.2 Å². The van der Waals surface area contributed by atoms with E-state index in [9.17, 15) is 18.0 Å². The normalized spacial score (nSPS) is 15.1. The predicted molar refractivity (Wildman–Crippen MR) is 110 cm³/mol. The summed E-state index contributed by atoms with van der Waals surface area (Å²) in [6.07, 6.45) is -2.32. The van der Waals surface area contributed by atoms with E-state index in [0.29, 0.717) is 31.6 Å². The highest BCUT2D eigenvalue weighted by atomic mass is 32.1. The Morgan fingerprint density at radius 1 is 1.19 bits per heavy atom. The van der Waals surface area contributed by atoms with Crippen molar-refractivity contribution in [3.63, 3.8) is 0 Å². The number of alkyl halides is 3. The van der Waals surface area contributed by atoms with Crippen molar-refractivity contribution in [2.75, 3.05) is 23.3 Å². The highest BCUT2D eigenvalue weighted by molar-refractivity contribution is 7.14. The summed E-state index contributed by atoms with van der Waals surface area (Å²) in [7, 11) is 0. The van der Waals surface area contributed by atoms with Crippen molar-refractivity contribution in [3.05, 3.63) is 47.6 Å². The summed E-state index contributed by atoms with van der Waals surface area (Å²) in [6.45, 7) is 1.27. The van der Waals surface area contributed by atoms with Crippen LogP contribution in [0.5, 0.6) is 0 Å². The maximum atomic E-state index is 12.9. The number of carbonyl (C=O) groups is 1. The van der Waals surface area contributed by atoms with Crippen LogP contribution in [0.3, 0.4) is 0 Å². The van der Waals surface area contributed by atoms with Gasteiger partial charge in [-0.05, 0) is 31.0 Å². The SMILES string of the molecule is O=C(O)C1CCN(c2nc(-c3cccc(Nc4nccc(C(F)(F)F)n4)c3)cs2)CC1. The summed E-state index contributed by atoms with van der Waals surface area (Å²) >= 11 is 1.47. The van der Waals surface area contributed by atoms with Crippen LogP contribution in [0.25, 0.3) is 11.3 Å². The van der Waals surface area contributed by atoms with E-state index in [2.05, 4.69) is 25.2 Å². The van der Waals surface area contributed by atoms with E-state index in [4.69, 9.17) is 5.11 Å². The molecule has 0 aliphatic carbocycles. The van der Waals surface area contributed by atoms with E-state index in [1.807, 2.05) is 11.4 Å². The summed E-state index contributed by atoms with van der Waals surface area (Å²) in [5.41, 5.74) is 1.04. The van der Waals surface area contributed by atoms with E-state index in [0.717, 1.165) is 28.7 Å². The van der Waals surface area contributed by atoms with Crippen molar-refractivity contribution < 1.29 is 23.1 Å². The predicted octanol–water partition coefficient (Wildman–Crippen LogP) is 4.66. The number of nitrogens with one attached hydrogen (secondary N) is 1. The van der Waals surface area contributed by atoms with Crippen LogP contribution in [0, 0.1) is 5.92 Å². The summed E-state index contributed by atoms with van der Waals surface area (Å²) in [4.78, 5) is 25.2. The smallest absolute Gasteiger partial charge is 0.433 e. The van der Waals surface area contributed by atoms with Crippen LogP contribution in [-0.4, -0.2) is 39.1 Å². The van der Waals surface area contributed by atoms with Crippen LogP contribution in [0.4, 0.5) is 29.9 Å². The lowest BCUT2D eigenvalue weighted by molar-refractivity contribution is -0.142. The van der Waals surface area contributed by atoms with E-state index < -0.39 is 17.8 Å². The van der Waals surface area contributed by atoms with Crippen LogP contribution >= 0.6 is 11.3 Å². The molecule has 0 amide bonds. The molecule has 0 atom stereocenters. The Hall–Kier alpha value is -3.21. The number of aliphatic carboxylic acids is 1. The van der Waals surface area contributed by atoms with Crippen molar-refractivity contribution in [2.45, 2.75) is 19.0 Å². The van der Waals surface area contributed by atoms with Crippen molar-refractivity contribution in [1.82, 2.24) is 15.0 Å². The Labute approximate surface area is 179 Å². The van der Waals surface area contributed by atoms with Gasteiger partial charge in [0.25, 0.3) is 0 Å². The van der Waals surface area contributed by atoms with Crippen molar-refractivity contribution in [3.8, 4) is 11.3 Å². The molecule has 1 fully saturated rings. The molecule has 2 aromatic heterocycles. The first-order valence-electron chi connectivity index (χ1n) is 9.50. The molecule has 1 aromatic carbocycles. The van der Waals surface area contributed by atoms with Crippen LogP contribution in [0.1, 0.15) is 18.5 Å². The molecule has 7 nitrogen and oxygen atoms in total. The summed E-state index contributed by atoms with van der Waals surface area (Å²) in [6, 6.07) is 7.91. The van der Waals surface area contributed by atoms with Gasteiger partial charge >= 0.3 is 12.1 Å². The van der Waals surface area contributed by atoms with Gasteiger partial charge < -0.3 is 15.3 Å². The maximum absolute atomic E-state index is 12.9. The first-order valence-corrected chi connectivity index (χ1v) is 10.4. The highest BCUT2D eigenvalue weighted by Crippen LogP contribution is 2.32. The lowest BCUT2D eigenvalue weighted by Crippen LogP contribution is -2.36. The number of anilines is 3. The second kappa shape index (κ2) is 8.50. The number of nitrogens with zero attached hydrogens (tertiary/aromatic N) is 4. The topological polar surface area (TPSA) is 91.2 Å². The Kier molecular flexibility index (Phi) is 5.77. The lowest BCUT2D eigenvalue weighted by atomic mass is 9.97. The van der Waals surface area contributed by atoms with Crippen LogP contribution < -0.4 is 10.2 Å². The number of thiazole rings is 1. The monoisotopic (exact) mass is 449 g/mol. The Morgan fingerprint density at radius 3 is 2.68 bits per heavy atom. The maximum Gasteiger partial charge on any atom is 0.433 e. The molecular weight excluding hydrogens is 431 g/mol. The zero-order chi connectivity index (χ0) is 22.0. The molecule has 2 N–H and O–H groups in total. The zero-order valence-electron chi connectivity index (χ0n) is 16.1. The third-order valence-electron chi connectivity index (χ3n) is 4.97. The summed E-state index contributed by atoms with van der Waals surface area (Å²) in [5.74, 6) is -1.21. The molecule has 1 saturated heterocycles. The molecule has 0 saturated carbocycles. The van der Waals surface area contributed by atoms with Crippen LogP contribution in [0.2, 0.25) is 0 Å². The number of carboxylic acid groups (broad SMARTS) is 1. The third-order valence-corrected chi connectivity index (χ3v) is 5.87. The molecule has 1 aliphatic heterocycles. The van der Waals surface area contributed by atoms with Gasteiger partial charge in [0.15, 0.2) is 5.13 Å². The van der Waals surface area contributed by atoms with E-state index in [1.54, 1.807) is 18.2 Å². The molecule has 0 spiro atoms. The molecule has 11 heteroatoms. The number of halogens is 3. The quantitative estimate of drug-likeness (QED) is 0.585. The average molecular weight is 449 g/mol. The number of piperidine rings is 1. The number of aromatic nitrogens is 3. The number of hydrogen-bond acceptors (Lipinski definition) is 7. The fraction of sp³-hybridized carbons (Fsp3) is 0.300. The minimum Gasteiger partial charge on any atom is -0.481 e. The summed E-state index contributed by atoms with van der Waals surface area (Å²) < 4.78 is 38.6. The van der Waals surface area contributed by atoms with Gasteiger partial charge in [-0.1, -0.05) is 12.1 Å². The van der Waals surface area contributed by atoms with Gasteiger partial charge in [0.1, 0.15) is 5.69 Å². The Balaban J connectivity index is 1.48. The molecule has 4 rings (SSSR count). The minimum absolute atomic E-state index is 0.146. The van der Waals surface area contributed by atoms with E-state index in [1.165, 1.54) is 11.3 Å². The molecular formula is C20H18F3N5O2S. The number of carboxylic acids is 1. The van der Waals surface area contributed by atoms with Crippen molar-refractivity contribution in [2.24, 2.45) is 5.92 Å². The average Bonchev–Trinajstić information content (AvgIpc) is 3.24. The van der Waals surface area contributed by atoms with Gasteiger partial charge in [0.05, 0.1) is 11.6 Å². The van der Waals surface area contributed by atoms with E-state index in [-0.39, 0.29) is 11.9 Å². The van der Waals surface area contributed by atoms with Gasteiger partial charge in [-0.3, -0.25) is 4.79 Å². The summed E-state index contributed by atoms with van der Waals surface area (Å²) in [5, 5.41) is 14.7. The van der Waals surface area contributed by atoms with Crippen molar-refractivity contribution in [1.29, 1.82) is 0 Å². The number of rotatable bonds is 5. The standard InChI is InChI=1S/C20H18F3N5O2S/c21-20(22,23)16-4-7-24-18(27-16)25-14-3-1-2-13(10-14)15-11-31-19(26-15)28-8-5-12(6-9-28)17(29)30/h1-4,7,10-12H,5-6,8-9H2,(H,29,30)(H,24,25,27). The lowest BCUT2D eigenvalue weighted by Gasteiger charge is -2.29. The van der Waals surface area contributed by atoms with Gasteiger partial charge in [-0.25, -0.2) is 15.0 Å². The molecule has 0 bridgehead atoms. The molecule has 31 heavy (non-hydrogen) atoms. The fourth-order valence-corrected chi connectivity index (χ4v) is 4.21. The Bertz CT molecular complexity index is 1080. The van der Waals surface area contributed by atoms with Gasteiger partial charge in [-0.15, -0.1) is 11.3 Å². The Morgan fingerprint density at radius 2 is 1.97 bits per heavy atom. The fourth-order valence-electron chi connectivity index (χ4n) is 3.32. The first kappa shape index (κ1) is 21.0. The molecule has 162 valence electrons. The highest BCUT2D eigenvalue weighted by Gasteiger charge is 2.32. The first-order chi connectivity index (χ1) is 14.8. The molecule has 3 heterocycles. The molecule has 1 aliphatic rings. The van der Waals surface area contributed by atoms with E-state index >= 15 is 0 Å². The second-order valence-electron chi connectivity index (χ2n) is 7.08. The third kappa shape index (κ3) is 4.93. The molecule has 0 unspecified atom stereocenters. The second-order valence-corrected chi connectivity index (χ2v) is 7.92. The van der Waals surface area contributed by atoms with Crippen molar-refractivity contribution >= 4 is 34.1 Å². The molecule has 0 radical (unpaired) electrons. The number of hydrogen-bond donors (Lipinski definition) is 2. The van der Waals surface area contributed by atoms with Crippen LogP contribution in [-0.2, 0) is 11.0 Å². The van der Waals surface area contributed by atoms with Gasteiger partial charge in [0, 0.05) is 35.9 Å². The minimum atomic E-state index is -4.54. The number of benzene rings is 1. The largest absolute Gasteiger partial charge is 0.481 e. The van der Waals surface area contributed by atoms with Gasteiger partial charge in [0.2, 0.25) is 5.95 Å². The molecule has 3 aromatic rings. The van der Waals surface area contributed by atoms with Crippen LogP contribution in [0.15, 0.2) is 41.9 Å².